The van der Waals surface area contributed by atoms with Crippen molar-refractivity contribution in [2.45, 2.75) is 38.7 Å². The molecule has 1 amide bonds. The Labute approximate surface area is 145 Å². The molecule has 1 atom stereocenters. The summed E-state index contributed by atoms with van der Waals surface area (Å²) < 4.78 is 48.7. The number of alkyl carbamates (subject to hydrolysis) is 1. The summed E-state index contributed by atoms with van der Waals surface area (Å²) in [6.07, 6.45) is -5.13. The van der Waals surface area contributed by atoms with Gasteiger partial charge in [0.25, 0.3) is 0 Å². The molecule has 1 saturated heterocycles. The number of ether oxygens (including phenoxy) is 2. The van der Waals surface area contributed by atoms with Gasteiger partial charge in [-0.2, -0.15) is 13.2 Å². The summed E-state index contributed by atoms with van der Waals surface area (Å²) in [5.74, 6) is 0. The number of carbonyl (C=O) groups is 1. The summed E-state index contributed by atoms with van der Waals surface area (Å²) in [6.45, 7) is 7.07. The van der Waals surface area contributed by atoms with Gasteiger partial charge in [0, 0.05) is 25.3 Å². The molecule has 2 rings (SSSR count). The molecule has 1 aliphatic rings. The summed E-state index contributed by atoms with van der Waals surface area (Å²) >= 11 is 0. The van der Waals surface area contributed by atoms with Crippen LogP contribution < -0.4 is 10.2 Å². The van der Waals surface area contributed by atoms with Crippen molar-refractivity contribution >= 4 is 11.8 Å². The lowest BCUT2D eigenvalue weighted by molar-refractivity contribution is -0.137. The van der Waals surface area contributed by atoms with Crippen LogP contribution in [0.4, 0.5) is 23.7 Å². The number of anilines is 1. The van der Waals surface area contributed by atoms with Crippen molar-refractivity contribution in [3.63, 3.8) is 0 Å². The first kappa shape index (κ1) is 19.4. The van der Waals surface area contributed by atoms with Crippen LogP contribution in [0.15, 0.2) is 24.3 Å². The molecule has 8 heteroatoms. The molecule has 1 aromatic carbocycles. The van der Waals surface area contributed by atoms with E-state index in [-0.39, 0.29) is 12.6 Å². The van der Waals surface area contributed by atoms with Crippen molar-refractivity contribution < 1.29 is 27.4 Å². The van der Waals surface area contributed by atoms with Crippen molar-refractivity contribution in [3.8, 4) is 0 Å². The maximum atomic E-state index is 12.6. The number of amides is 1. The Morgan fingerprint density at radius 1 is 1.28 bits per heavy atom. The monoisotopic (exact) mass is 360 g/mol. The third-order valence-corrected chi connectivity index (χ3v) is 3.57. The largest absolute Gasteiger partial charge is 0.444 e. The maximum Gasteiger partial charge on any atom is 0.416 e. The molecule has 0 spiro atoms. The number of halogens is 3. The van der Waals surface area contributed by atoms with Crippen molar-refractivity contribution in [3.05, 3.63) is 29.8 Å². The van der Waals surface area contributed by atoms with Crippen LogP contribution in [0.3, 0.4) is 0 Å². The number of morpholine rings is 1. The lowest BCUT2D eigenvalue weighted by Crippen LogP contribution is -2.48. The molecule has 0 saturated carbocycles. The van der Waals surface area contributed by atoms with Crippen LogP contribution in [-0.2, 0) is 15.7 Å². The normalized spacial score (nSPS) is 18.8. The van der Waals surface area contributed by atoms with Crippen LogP contribution in [0, 0.1) is 0 Å². The van der Waals surface area contributed by atoms with Gasteiger partial charge in [0.2, 0.25) is 0 Å². The lowest BCUT2D eigenvalue weighted by Gasteiger charge is -2.34. The summed E-state index contributed by atoms with van der Waals surface area (Å²) in [5.41, 5.74) is -0.560. The van der Waals surface area contributed by atoms with Crippen LogP contribution in [0.1, 0.15) is 26.3 Å². The molecule has 25 heavy (non-hydrogen) atoms. The number of nitrogens with one attached hydrogen (secondary N) is 1. The minimum atomic E-state index is -4.34. The van der Waals surface area contributed by atoms with Crippen molar-refractivity contribution in [1.82, 2.24) is 5.32 Å². The van der Waals surface area contributed by atoms with Crippen LogP contribution in [0.5, 0.6) is 0 Å². The van der Waals surface area contributed by atoms with Gasteiger partial charge < -0.3 is 19.7 Å². The highest BCUT2D eigenvalue weighted by Gasteiger charge is 2.30. The fourth-order valence-electron chi connectivity index (χ4n) is 2.45. The Bertz CT molecular complexity index is 582. The maximum absolute atomic E-state index is 12.6. The van der Waals surface area contributed by atoms with Gasteiger partial charge in [-0.05, 0) is 45.0 Å². The first-order valence-electron chi connectivity index (χ1n) is 8.05. The van der Waals surface area contributed by atoms with E-state index in [9.17, 15) is 18.0 Å². The predicted molar refractivity (Wildman–Crippen MR) is 87.6 cm³/mol. The van der Waals surface area contributed by atoms with Gasteiger partial charge >= 0.3 is 12.3 Å². The minimum absolute atomic E-state index is 0.261. The van der Waals surface area contributed by atoms with Crippen LogP contribution in [-0.4, -0.2) is 44.0 Å². The second kappa shape index (κ2) is 7.51. The molecular weight excluding hydrogens is 337 g/mol. The summed E-state index contributed by atoms with van der Waals surface area (Å²) in [7, 11) is 0. The number of hydrogen-bond donors (Lipinski definition) is 1. The van der Waals surface area contributed by atoms with E-state index in [1.807, 2.05) is 4.90 Å². The smallest absolute Gasteiger partial charge is 0.416 e. The molecule has 0 aromatic heterocycles. The van der Waals surface area contributed by atoms with Crippen LogP contribution in [0.25, 0.3) is 0 Å². The van der Waals surface area contributed by atoms with E-state index in [1.165, 1.54) is 12.1 Å². The van der Waals surface area contributed by atoms with Gasteiger partial charge in [0.1, 0.15) is 5.60 Å². The van der Waals surface area contributed by atoms with E-state index < -0.39 is 23.4 Å². The van der Waals surface area contributed by atoms with Crippen LogP contribution >= 0.6 is 0 Å². The predicted octanol–water partition coefficient (Wildman–Crippen LogP) is 3.44. The number of carbonyl (C=O) groups excluding carboxylic acids is 1. The zero-order valence-corrected chi connectivity index (χ0v) is 14.5. The zero-order valence-electron chi connectivity index (χ0n) is 14.5. The summed E-state index contributed by atoms with van der Waals surface area (Å²) in [6, 6.07) is 5.04. The third kappa shape index (κ3) is 6.12. The Balaban J connectivity index is 1.89. The number of benzene rings is 1. The van der Waals surface area contributed by atoms with Crippen molar-refractivity contribution in [1.29, 1.82) is 0 Å². The third-order valence-electron chi connectivity index (χ3n) is 3.57. The zero-order chi connectivity index (χ0) is 18.7. The second-order valence-electron chi connectivity index (χ2n) is 6.87. The molecule has 0 aliphatic carbocycles. The molecule has 1 heterocycles. The van der Waals surface area contributed by atoms with Gasteiger partial charge in [-0.3, -0.25) is 0 Å². The summed E-state index contributed by atoms with van der Waals surface area (Å²) in [4.78, 5) is 13.6. The number of alkyl halides is 3. The van der Waals surface area contributed by atoms with Crippen molar-refractivity contribution in [2.75, 3.05) is 31.1 Å². The molecule has 1 aliphatic heterocycles. The van der Waals surface area contributed by atoms with E-state index in [0.717, 1.165) is 12.1 Å². The topological polar surface area (TPSA) is 50.8 Å². The first-order chi connectivity index (χ1) is 11.5. The van der Waals surface area contributed by atoms with Gasteiger partial charge in [-0.15, -0.1) is 0 Å². The molecule has 1 aromatic rings. The highest BCUT2D eigenvalue weighted by molar-refractivity contribution is 5.67. The average Bonchev–Trinajstić information content (AvgIpc) is 2.51. The van der Waals surface area contributed by atoms with E-state index in [2.05, 4.69) is 5.32 Å². The molecular formula is C17H23F3N2O3. The van der Waals surface area contributed by atoms with E-state index in [1.54, 1.807) is 20.8 Å². The highest BCUT2D eigenvalue weighted by Crippen LogP contribution is 2.30. The van der Waals surface area contributed by atoms with E-state index in [4.69, 9.17) is 9.47 Å². The molecule has 0 unspecified atom stereocenters. The molecule has 5 nitrogen and oxygen atoms in total. The van der Waals surface area contributed by atoms with E-state index in [0.29, 0.717) is 25.4 Å². The van der Waals surface area contributed by atoms with Crippen LogP contribution in [0.2, 0.25) is 0 Å². The van der Waals surface area contributed by atoms with Gasteiger partial charge in [0.15, 0.2) is 0 Å². The molecule has 1 N–H and O–H groups in total. The van der Waals surface area contributed by atoms with Gasteiger partial charge in [-0.25, -0.2) is 4.79 Å². The highest BCUT2D eigenvalue weighted by atomic mass is 19.4. The fourth-order valence-corrected chi connectivity index (χ4v) is 2.45. The SMILES string of the molecule is CC(C)(C)OC(=O)NC[C@H]1CN(c2ccc(C(F)(F)F)cc2)CCO1. The molecule has 1 fully saturated rings. The Morgan fingerprint density at radius 2 is 1.92 bits per heavy atom. The number of hydrogen-bond acceptors (Lipinski definition) is 4. The molecule has 140 valence electrons. The summed E-state index contributed by atoms with van der Waals surface area (Å²) in [5, 5.41) is 2.65. The van der Waals surface area contributed by atoms with E-state index >= 15 is 0 Å². The number of rotatable bonds is 3. The lowest BCUT2D eigenvalue weighted by atomic mass is 10.1. The van der Waals surface area contributed by atoms with Gasteiger partial charge in [0.05, 0.1) is 18.3 Å². The second-order valence-corrected chi connectivity index (χ2v) is 6.87. The Hall–Kier alpha value is -1.96. The fraction of sp³-hybridized carbons (Fsp3) is 0.588. The first-order valence-corrected chi connectivity index (χ1v) is 8.05. The molecule has 0 radical (unpaired) electrons. The number of nitrogens with zero attached hydrogens (tertiary/aromatic N) is 1. The average molecular weight is 360 g/mol. The molecule has 0 bridgehead atoms. The van der Waals surface area contributed by atoms with Gasteiger partial charge in [-0.1, -0.05) is 0 Å². The quantitative estimate of drug-likeness (QED) is 0.897. The standard InChI is InChI=1S/C17H23F3N2O3/c1-16(2,3)25-15(23)21-10-14-11-22(8-9-24-14)13-6-4-12(5-7-13)17(18,19)20/h4-7,14H,8-11H2,1-3H3,(H,21,23)/t14-/m0/s1. The minimum Gasteiger partial charge on any atom is -0.444 e. The Morgan fingerprint density at radius 3 is 2.48 bits per heavy atom. The van der Waals surface area contributed by atoms with Crippen molar-refractivity contribution in [2.24, 2.45) is 0 Å². The Kier molecular flexibility index (Phi) is 5.82.